The molecule has 1 aliphatic heterocycles. The zero-order valence-electron chi connectivity index (χ0n) is 26.6. The summed E-state index contributed by atoms with van der Waals surface area (Å²) in [6.45, 7) is 7.28. The maximum absolute atomic E-state index is 15.2. The van der Waals surface area contributed by atoms with Gasteiger partial charge in [0.25, 0.3) is 0 Å². The Morgan fingerprint density at radius 3 is 2.43 bits per heavy atom. The number of aromatic hydroxyl groups is 1. The van der Waals surface area contributed by atoms with E-state index in [-0.39, 0.29) is 17.5 Å². The molecule has 1 atom stereocenters. The average Bonchev–Trinajstić information content (AvgIpc) is 3.04. The van der Waals surface area contributed by atoms with Gasteiger partial charge < -0.3 is 33.9 Å². The molecule has 0 radical (unpaired) electrons. The van der Waals surface area contributed by atoms with Crippen LogP contribution in [0.5, 0.6) is 23.0 Å². The van der Waals surface area contributed by atoms with Crippen LogP contribution in [0.2, 0.25) is 0 Å². The van der Waals surface area contributed by atoms with Crippen molar-refractivity contribution in [3.8, 4) is 23.0 Å². The molecule has 238 valence electrons. The van der Waals surface area contributed by atoms with Crippen molar-refractivity contribution in [1.29, 1.82) is 0 Å². The van der Waals surface area contributed by atoms with Crippen LogP contribution in [-0.4, -0.2) is 70.7 Å². The second kappa shape index (κ2) is 15.0. The van der Waals surface area contributed by atoms with E-state index in [9.17, 15) is 5.11 Å². The predicted molar refractivity (Wildman–Crippen MR) is 172 cm³/mol. The SMILES string of the molecule is CCN(Cc1ccc(OCCN(C)CC2CCOCC2)c(F)c1)c1cc(OC)c(OC)cc1C1CCc2cc(O)ccc2C1. The average molecular weight is 607 g/mol. The summed E-state index contributed by atoms with van der Waals surface area (Å²) >= 11 is 0. The Morgan fingerprint density at radius 2 is 1.70 bits per heavy atom. The first-order valence-electron chi connectivity index (χ1n) is 15.9. The van der Waals surface area contributed by atoms with E-state index >= 15 is 4.39 Å². The van der Waals surface area contributed by atoms with Gasteiger partial charge >= 0.3 is 0 Å². The number of fused-ring (bicyclic) bond motifs is 1. The van der Waals surface area contributed by atoms with E-state index in [0.717, 1.165) is 76.2 Å². The third kappa shape index (κ3) is 7.77. The van der Waals surface area contributed by atoms with Crippen molar-refractivity contribution in [2.75, 3.05) is 65.6 Å². The number of ether oxygens (including phenoxy) is 4. The summed E-state index contributed by atoms with van der Waals surface area (Å²) in [5, 5.41) is 9.97. The number of phenols is 1. The number of likely N-dealkylation sites (N-methyl/N-ethyl adjacent to an activating group) is 1. The standard InChI is InChI=1S/C36H47FN2O5/c1-5-39(24-26-6-11-34(32(37)18-26)44-17-14-38(2)23-25-12-15-43-16-13-25)33-22-36(42-4)35(41-3)21-31(33)29-8-7-28-20-30(40)10-9-27(28)19-29/h6,9-11,18,20-22,25,29,40H,5,7-8,12-17,19,23-24H2,1-4H3. The number of nitrogens with zero attached hydrogens (tertiary/aromatic N) is 2. The summed E-state index contributed by atoms with van der Waals surface area (Å²) in [7, 11) is 5.41. The summed E-state index contributed by atoms with van der Waals surface area (Å²) in [6, 6.07) is 15.1. The first kappa shape index (κ1) is 31.9. The molecular weight excluding hydrogens is 559 g/mol. The summed E-state index contributed by atoms with van der Waals surface area (Å²) in [5.41, 5.74) is 5.59. The van der Waals surface area contributed by atoms with Gasteiger partial charge in [0.15, 0.2) is 23.1 Å². The summed E-state index contributed by atoms with van der Waals surface area (Å²) < 4.78 is 38.0. The van der Waals surface area contributed by atoms with Gasteiger partial charge in [0.1, 0.15) is 12.4 Å². The largest absolute Gasteiger partial charge is 0.508 e. The van der Waals surface area contributed by atoms with Crippen molar-refractivity contribution in [2.24, 2.45) is 5.92 Å². The minimum atomic E-state index is -0.342. The first-order valence-corrected chi connectivity index (χ1v) is 15.9. The second-order valence-electron chi connectivity index (χ2n) is 12.1. The molecule has 44 heavy (non-hydrogen) atoms. The predicted octanol–water partition coefficient (Wildman–Crippen LogP) is 6.58. The maximum Gasteiger partial charge on any atom is 0.165 e. The van der Waals surface area contributed by atoms with E-state index in [2.05, 4.69) is 35.9 Å². The fourth-order valence-electron chi connectivity index (χ4n) is 6.61. The zero-order valence-corrected chi connectivity index (χ0v) is 26.6. The Kier molecular flexibility index (Phi) is 10.9. The van der Waals surface area contributed by atoms with E-state index in [1.54, 1.807) is 32.4 Å². The smallest absolute Gasteiger partial charge is 0.165 e. The van der Waals surface area contributed by atoms with Gasteiger partial charge in [0.05, 0.1) is 14.2 Å². The van der Waals surface area contributed by atoms with Crippen LogP contribution in [0.4, 0.5) is 10.1 Å². The van der Waals surface area contributed by atoms with E-state index in [1.165, 1.54) is 16.7 Å². The molecule has 1 aliphatic carbocycles. The highest BCUT2D eigenvalue weighted by Crippen LogP contribution is 2.43. The number of anilines is 1. The van der Waals surface area contributed by atoms with Crippen molar-refractivity contribution in [3.05, 3.63) is 76.6 Å². The number of phenolic OH excluding ortho intramolecular Hbond substituents is 1. The molecule has 3 aromatic rings. The molecule has 0 amide bonds. The highest BCUT2D eigenvalue weighted by atomic mass is 19.1. The molecule has 2 aliphatic rings. The van der Waals surface area contributed by atoms with Crippen LogP contribution in [0.1, 0.15) is 54.4 Å². The van der Waals surface area contributed by atoms with Crippen LogP contribution in [0.25, 0.3) is 0 Å². The lowest BCUT2D eigenvalue weighted by molar-refractivity contribution is 0.0542. The number of hydrogen-bond acceptors (Lipinski definition) is 7. The quantitative estimate of drug-likeness (QED) is 0.236. The van der Waals surface area contributed by atoms with Crippen LogP contribution in [0.15, 0.2) is 48.5 Å². The normalized spacial score (nSPS) is 16.9. The van der Waals surface area contributed by atoms with Gasteiger partial charge in [-0.2, -0.15) is 0 Å². The van der Waals surface area contributed by atoms with Crippen LogP contribution in [-0.2, 0) is 24.1 Å². The summed E-state index contributed by atoms with van der Waals surface area (Å²) in [6.07, 6.45) is 4.93. The van der Waals surface area contributed by atoms with Crippen LogP contribution < -0.4 is 19.1 Å². The molecule has 7 nitrogen and oxygen atoms in total. The van der Waals surface area contributed by atoms with Crippen molar-refractivity contribution in [2.45, 2.75) is 51.5 Å². The van der Waals surface area contributed by atoms with E-state index < -0.39 is 0 Å². The first-order chi connectivity index (χ1) is 21.4. The highest BCUT2D eigenvalue weighted by Gasteiger charge is 2.26. The molecular formula is C36H47FN2O5. The number of methoxy groups -OCH3 is 2. The summed E-state index contributed by atoms with van der Waals surface area (Å²) in [4.78, 5) is 4.53. The van der Waals surface area contributed by atoms with E-state index in [0.29, 0.717) is 36.3 Å². The third-order valence-corrected chi connectivity index (χ3v) is 9.12. The minimum Gasteiger partial charge on any atom is -0.508 e. The summed E-state index contributed by atoms with van der Waals surface area (Å²) in [5.74, 6) is 2.55. The lowest BCUT2D eigenvalue weighted by Crippen LogP contribution is -2.32. The molecule has 0 aromatic heterocycles. The highest BCUT2D eigenvalue weighted by molar-refractivity contribution is 5.64. The Balaban J connectivity index is 1.29. The Hall–Kier alpha value is -3.49. The van der Waals surface area contributed by atoms with Gasteiger partial charge in [-0.05, 0) is 110 Å². The Bertz CT molecular complexity index is 1390. The lowest BCUT2D eigenvalue weighted by atomic mass is 9.79. The second-order valence-corrected chi connectivity index (χ2v) is 12.1. The van der Waals surface area contributed by atoms with Crippen molar-refractivity contribution in [3.63, 3.8) is 0 Å². The number of halogens is 1. The number of rotatable bonds is 13. The minimum absolute atomic E-state index is 0.271. The number of benzene rings is 3. The van der Waals surface area contributed by atoms with Gasteiger partial charge in [0, 0.05) is 51.1 Å². The van der Waals surface area contributed by atoms with Crippen LogP contribution >= 0.6 is 0 Å². The molecule has 1 N–H and O–H groups in total. The van der Waals surface area contributed by atoms with Gasteiger partial charge in [-0.1, -0.05) is 12.1 Å². The molecule has 0 spiro atoms. The third-order valence-electron chi connectivity index (χ3n) is 9.12. The van der Waals surface area contributed by atoms with Gasteiger partial charge in [0.2, 0.25) is 0 Å². The molecule has 0 bridgehead atoms. The van der Waals surface area contributed by atoms with Crippen LogP contribution in [0.3, 0.4) is 0 Å². The molecule has 1 unspecified atom stereocenters. The maximum atomic E-state index is 15.2. The fraction of sp³-hybridized carbons (Fsp3) is 0.500. The zero-order chi connectivity index (χ0) is 31.1. The number of aryl methyl sites for hydroxylation is 1. The molecule has 1 fully saturated rings. The van der Waals surface area contributed by atoms with E-state index in [4.69, 9.17) is 18.9 Å². The lowest BCUT2D eigenvalue weighted by Gasteiger charge is -2.32. The molecule has 1 saturated heterocycles. The molecule has 8 heteroatoms. The Labute approximate surface area is 261 Å². The van der Waals surface area contributed by atoms with Gasteiger partial charge in [-0.3, -0.25) is 0 Å². The van der Waals surface area contributed by atoms with Gasteiger partial charge in [-0.15, -0.1) is 0 Å². The molecule has 1 heterocycles. The fourth-order valence-corrected chi connectivity index (χ4v) is 6.61. The number of hydrogen-bond donors (Lipinski definition) is 1. The topological polar surface area (TPSA) is 63.6 Å². The van der Waals surface area contributed by atoms with Crippen molar-refractivity contribution >= 4 is 5.69 Å². The van der Waals surface area contributed by atoms with Crippen LogP contribution in [0, 0.1) is 11.7 Å². The monoisotopic (exact) mass is 606 g/mol. The Morgan fingerprint density at radius 1 is 0.932 bits per heavy atom. The van der Waals surface area contributed by atoms with Crippen molar-refractivity contribution < 1.29 is 28.4 Å². The van der Waals surface area contributed by atoms with Gasteiger partial charge in [-0.25, -0.2) is 4.39 Å². The van der Waals surface area contributed by atoms with E-state index in [1.807, 2.05) is 18.2 Å². The molecule has 5 rings (SSSR count). The molecule has 3 aromatic carbocycles. The molecule has 0 saturated carbocycles. The van der Waals surface area contributed by atoms with Crippen molar-refractivity contribution in [1.82, 2.24) is 4.90 Å².